The number of hydrogen-bond donors (Lipinski definition) is 3. The number of carbonyl (C=O) groups excluding carboxylic acids is 3. The Bertz CT molecular complexity index is 1470. The van der Waals surface area contributed by atoms with Crippen molar-refractivity contribution in [2.75, 3.05) is 17.2 Å². The van der Waals surface area contributed by atoms with Crippen LogP contribution in [-0.2, 0) is 14.4 Å². The molecule has 6 rings (SSSR count). The molecular formula is C31H29BrClN3O4S. The number of carbonyl (C=O) groups is 3. The normalized spacial score (nSPS) is 28.8. The molecule has 3 fully saturated rings. The first-order chi connectivity index (χ1) is 19.8. The average molecular weight is 655 g/mol. The number of nitrogens with one attached hydrogen (secondary N) is 2. The van der Waals surface area contributed by atoms with Crippen LogP contribution in [0.3, 0.4) is 0 Å². The summed E-state index contributed by atoms with van der Waals surface area (Å²) >= 11 is 11.8. The first-order valence-electron chi connectivity index (χ1n) is 13.5. The number of hydrogen-bond acceptors (Lipinski definition) is 5. The van der Waals surface area contributed by atoms with E-state index in [-0.39, 0.29) is 34.4 Å². The minimum atomic E-state index is -0.947. The SMILES string of the molecule is Cc1cccc(Cl)c1NC(=O)C1N([C@H](CO)c2ccccc2)C(=O)[C@@H]2[C@@H](C(=O)Nc3ccccc3)[C@@H]3SC12CC3Br. The second-order valence-corrected chi connectivity index (χ2v) is 13.9. The van der Waals surface area contributed by atoms with Crippen molar-refractivity contribution in [3.05, 3.63) is 95.0 Å². The van der Waals surface area contributed by atoms with Crippen LogP contribution in [0.5, 0.6) is 0 Å². The second-order valence-electron chi connectivity index (χ2n) is 10.8. The van der Waals surface area contributed by atoms with E-state index in [0.29, 0.717) is 28.4 Å². The van der Waals surface area contributed by atoms with Gasteiger partial charge in [0.05, 0.1) is 39.9 Å². The average Bonchev–Trinajstić information content (AvgIpc) is 3.56. The van der Waals surface area contributed by atoms with Gasteiger partial charge in [-0.1, -0.05) is 88.2 Å². The van der Waals surface area contributed by atoms with Crippen LogP contribution in [0.1, 0.15) is 23.6 Å². The number of aryl methyl sites for hydroxylation is 1. The van der Waals surface area contributed by atoms with Gasteiger partial charge in [-0.25, -0.2) is 0 Å². The minimum Gasteiger partial charge on any atom is -0.394 e. The highest BCUT2D eigenvalue weighted by Crippen LogP contribution is 2.68. The van der Waals surface area contributed by atoms with Crippen LogP contribution in [0.2, 0.25) is 5.02 Å². The number of thioether (sulfide) groups is 1. The monoisotopic (exact) mass is 653 g/mol. The molecule has 1 spiro atoms. The molecule has 10 heteroatoms. The Balaban J connectivity index is 1.44. The summed E-state index contributed by atoms with van der Waals surface area (Å²) in [6.45, 7) is 1.48. The van der Waals surface area contributed by atoms with Crippen LogP contribution in [0.15, 0.2) is 78.9 Å². The van der Waals surface area contributed by atoms with E-state index in [9.17, 15) is 19.5 Å². The second kappa shape index (κ2) is 11.1. The van der Waals surface area contributed by atoms with Crippen LogP contribution in [0.25, 0.3) is 0 Å². The van der Waals surface area contributed by atoms with Gasteiger partial charge in [0.2, 0.25) is 17.7 Å². The van der Waals surface area contributed by atoms with Crippen molar-refractivity contribution in [3.8, 4) is 0 Å². The van der Waals surface area contributed by atoms with Crippen molar-refractivity contribution < 1.29 is 19.5 Å². The van der Waals surface area contributed by atoms with Gasteiger partial charge < -0.3 is 20.6 Å². The van der Waals surface area contributed by atoms with Crippen molar-refractivity contribution in [1.29, 1.82) is 0 Å². The number of alkyl halides is 1. The Morgan fingerprint density at radius 2 is 1.73 bits per heavy atom. The van der Waals surface area contributed by atoms with Gasteiger partial charge in [0, 0.05) is 15.8 Å². The molecule has 3 aliphatic heterocycles. The molecule has 3 aromatic carbocycles. The van der Waals surface area contributed by atoms with Crippen LogP contribution < -0.4 is 10.6 Å². The van der Waals surface area contributed by atoms with Gasteiger partial charge in [0.15, 0.2) is 0 Å². The Kier molecular flexibility index (Phi) is 7.65. The summed E-state index contributed by atoms with van der Waals surface area (Å²) < 4.78 is -0.879. The maximum Gasteiger partial charge on any atom is 0.248 e. The van der Waals surface area contributed by atoms with Crippen LogP contribution in [-0.4, -0.2) is 55.2 Å². The molecule has 3 N–H and O–H groups in total. The van der Waals surface area contributed by atoms with Crippen molar-refractivity contribution in [2.24, 2.45) is 11.8 Å². The van der Waals surface area contributed by atoms with E-state index >= 15 is 0 Å². The Morgan fingerprint density at radius 1 is 1.05 bits per heavy atom. The first-order valence-corrected chi connectivity index (χ1v) is 15.7. The molecule has 3 saturated heterocycles. The quantitative estimate of drug-likeness (QED) is 0.296. The number of para-hydroxylation sites is 2. The lowest BCUT2D eigenvalue weighted by atomic mass is 9.70. The zero-order valence-electron chi connectivity index (χ0n) is 22.2. The van der Waals surface area contributed by atoms with Gasteiger partial charge >= 0.3 is 0 Å². The topological polar surface area (TPSA) is 98.7 Å². The van der Waals surface area contributed by atoms with Crippen LogP contribution >= 0.6 is 39.3 Å². The van der Waals surface area contributed by atoms with Crippen molar-refractivity contribution >= 4 is 68.4 Å². The van der Waals surface area contributed by atoms with Crippen LogP contribution in [0.4, 0.5) is 11.4 Å². The summed E-state index contributed by atoms with van der Waals surface area (Å²) in [5.41, 5.74) is 2.64. The fourth-order valence-corrected chi connectivity index (χ4v) is 10.6. The van der Waals surface area contributed by atoms with E-state index in [0.717, 1.165) is 5.56 Å². The molecule has 7 nitrogen and oxygen atoms in total. The van der Waals surface area contributed by atoms with E-state index in [2.05, 4.69) is 26.6 Å². The van der Waals surface area contributed by atoms with E-state index in [1.165, 1.54) is 4.90 Å². The molecule has 212 valence electrons. The summed E-state index contributed by atoms with van der Waals surface area (Å²) in [6, 6.07) is 22.0. The summed E-state index contributed by atoms with van der Waals surface area (Å²) in [4.78, 5) is 44.1. The fraction of sp³-hybridized carbons (Fsp3) is 0.323. The summed E-state index contributed by atoms with van der Waals surface area (Å²) in [6.07, 6.45) is 0.525. The predicted molar refractivity (Wildman–Crippen MR) is 165 cm³/mol. The molecule has 7 atom stereocenters. The van der Waals surface area contributed by atoms with Crippen LogP contribution in [0, 0.1) is 18.8 Å². The third-order valence-corrected chi connectivity index (χ3v) is 12.0. The molecule has 0 radical (unpaired) electrons. The molecular weight excluding hydrogens is 626 g/mol. The molecule has 41 heavy (non-hydrogen) atoms. The first kappa shape index (κ1) is 28.3. The van der Waals surface area contributed by atoms with Crippen molar-refractivity contribution in [2.45, 2.75) is 40.3 Å². The van der Waals surface area contributed by atoms with Gasteiger partial charge in [-0.2, -0.15) is 0 Å². The zero-order chi connectivity index (χ0) is 28.9. The smallest absolute Gasteiger partial charge is 0.248 e. The van der Waals surface area contributed by atoms with Gasteiger partial charge in [-0.3, -0.25) is 14.4 Å². The molecule has 3 unspecified atom stereocenters. The van der Waals surface area contributed by atoms with E-state index in [1.54, 1.807) is 17.8 Å². The number of benzene rings is 3. The standard InChI is InChI=1S/C31H29BrClN3O4S/c1-17-9-8-14-21(33)25(17)35-29(39)27-31-15-20(32)26(41-31)23(28(38)34-19-12-6-3-7-13-19)24(31)30(40)36(27)22(16-37)18-10-4-2-5-11-18/h2-14,20,22-24,26-27,37H,15-16H2,1H3,(H,34,38)(H,35,39)/t20?,22-,23-,24+,26-,27?,31?/m1/s1. The van der Waals surface area contributed by atoms with E-state index < -0.39 is 28.7 Å². The highest BCUT2D eigenvalue weighted by Gasteiger charge is 2.76. The number of amides is 3. The number of likely N-dealkylation sites (tertiary alicyclic amines) is 1. The summed E-state index contributed by atoms with van der Waals surface area (Å²) in [5, 5.41) is 16.9. The molecule has 3 heterocycles. The zero-order valence-corrected chi connectivity index (χ0v) is 25.3. The van der Waals surface area contributed by atoms with Gasteiger partial charge in [0.25, 0.3) is 0 Å². The van der Waals surface area contributed by atoms with Crippen molar-refractivity contribution in [1.82, 2.24) is 4.90 Å². The lowest BCUT2D eigenvalue weighted by Crippen LogP contribution is -2.53. The molecule has 0 aliphatic carbocycles. The largest absolute Gasteiger partial charge is 0.394 e. The summed E-state index contributed by atoms with van der Waals surface area (Å²) in [7, 11) is 0. The lowest BCUT2D eigenvalue weighted by Gasteiger charge is -2.37. The summed E-state index contributed by atoms with van der Waals surface area (Å²) in [5.74, 6) is -2.34. The van der Waals surface area contributed by atoms with E-state index in [1.807, 2.05) is 79.7 Å². The Morgan fingerprint density at radius 3 is 2.39 bits per heavy atom. The maximum absolute atomic E-state index is 14.5. The number of halogens is 2. The number of anilines is 2. The molecule has 0 saturated carbocycles. The molecule has 2 bridgehead atoms. The Labute approximate surface area is 256 Å². The highest BCUT2D eigenvalue weighted by molar-refractivity contribution is 9.09. The van der Waals surface area contributed by atoms with Gasteiger partial charge in [-0.05, 0) is 42.7 Å². The molecule has 3 amide bonds. The number of nitrogens with zero attached hydrogens (tertiary/aromatic N) is 1. The molecule has 0 aromatic heterocycles. The fourth-order valence-electron chi connectivity index (χ4n) is 6.76. The van der Waals surface area contributed by atoms with E-state index in [4.69, 9.17) is 11.6 Å². The number of fused-ring (bicyclic) bond motifs is 1. The maximum atomic E-state index is 14.5. The highest BCUT2D eigenvalue weighted by atomic mass is 79.9. The Hall–Kier alpha value is -2.85. The van der Waals surface area contributed by atoms with Gasteiger partial charge in [-0.15, -0.1) is 11.8 Å². The third-order valence-electron chi connectivity index (χ3n) is 8.48. The number of aliphatic hydroxyl groups is 1. The predicted octanol–water partition coefficient (Wildman–Crippen LogP) is 5.42. The molecule has 3 aliphatic rings. The number of rotatable bonds is 7. The van der Waals surface area contributed by atoms with Gasteiger partial charge in [0.1, 0.15) is 6.04 Å². The molecule has 3 aromatic rings. The third kappa shape index (κ3) is 4.67. The number of aliphatic hydroxyl groups excluding tert-OH is 1. The minimum absolute atomic E-state index is 0.0790. The van der Waals surface area contributed by atoms with Crippen molar-refractivity contribution in [3.63, 3.8) is 0 Å². The lowest BCUT2D eigenvalue weighted by molar-refractivity contribution is -0.141.